The summed E-state index contributed by atoms with van der Waals surface area (Å²) in [7, 11) is 1.58. The van der Waals surface area contributed by atoms with Gasteiger partial charge in [0.05, 0.1) is 19.3 Å². The van der Waals surface area contributed by atoms with Gasteiger partial charge in [-0.3, -0.25) is 0 Å². The van der Waals surface area contributed by atoms with Gasteiger partial charge in [0, 0.05) is 6.54 Å². The summed E-state index contributed by atoms with van der Waals surface area (Å²) in [6.45, 7) is 2.19. The van der Waals surface area contributed by atoms with E-state index >= 15 is 0 Å². The van der Waals surface area contributed by atoms with Crippen LogP contribution < -0.4 is 24.8 Å². The molecule has 0 aromatic heterocycles. The highest BCUT2D eigenvalue weighted by atomic mass is 16.7. The molecule has 2 amide bonds. The van der Waals surface area contributed by atoms with Crippen molar-refractivity contribution in [3.8, 4) is 17.2 Å². The standard InChI is InChI=1S/C19H22N2O5/c1-12(14-5-8-17-18(9-14)26-11-25-17)21-19(23)20-10-16(22)13-3-6-15(24-2)7-4-13/h3-9,12,16,22H,10-11H2,1-2H3,(H2,20,21,23). The van der Waals surface area contributed by atoms with Gasteiger partial charge in [0.25, 0.3) is 0 Å². The van der Waals surface area contributed by atoms with Crippen molar-refractivity contribution < 1.29 is 24.1 Å². The first-order valence-electron chi connectivity index (χ1n) is 8.32. The minimum Gasteiger partial charge on any atom is -0.497 e. The van der Waals surface area contributed by atoms with Crippen molar-refractivity contribution in [2.45, 2.75) is 19.1 Å². The molecule has 2 aromatic carbocycles. The average molecular weight is 358 g/mol. The quantitative estimate of drug-likeness (QED) is 0.738. The number of aliphatic hydroxyl groups excluding tert-OH is 1. The van der Waals surface area contributed by atoms with Gasteiger partial charge in [0.15, 0.2) is 11.5 Å². The second kappa shape index (κ2) is 7.97. The molecule has 0 spiro atoms. The third-order valence-corrected chi connectivity index (χ3v) is 4.20. The Hall–Kier alpha value is -2.93. The number of carbonyl (C=O) groups excluding carboxylic acids is 1. The van der Waals surface area contributed by atoms with Crippen LogP contribution in [-0.2, 0) is 0 Å². The fourth-order valence-corrected chi connectivity index (χ4v) is 2.65. The van der Waals surface area contributed by atoms with Crippen molar-refractivity contribution in [2.24, 2.45) is 0 Å². The molecule has 2 unspecified atom stereocenters. The highest BCUT2D eigenvalue weighted by Crippen LogP contribution is 2.34. The summed E-state index contributed by atoms with van der Waals surface area (Å²) in [5.41, 5.74) is 1.61. The number of benzene rings is 2. The molecule has 7 nitrogen and oxygen atoms in total. The Balaban J connectivity index is 1.50. The van der Waals surface area contributed by atoms with Gasteiger partial charge in [-0.1, -0.05) is 18.2 Å². The molecule has 1 heterocycles. The fourth-order valence-electron chi connectivity index (χ4n) is 2.65. The third kappa shape index (κ3) is 4.18. The number of methoxy groups -OCH3 is 1. The summed E-state index contributed by atoms with van der Waals surface area (Å²) >= 11 is 0. The van der Waals surface area contributed by atoms with Crippen molar-refractivity contribution in [1.82, 2.24) is 10.6 Å². The largest absolute Gasteiger partial charge is 0.497 e. The monoisotopic (exact) mass is 358 g/mol. The van der Waals surface area contributed by atoms with Gasteiger partial charge in [-0.05, 0) is 42.3 Å². The van der Waals surface area contributed by atoms with Crippen LogP contribution in [0.4, 0.5) is 4.79 Å². The summed E-state index contributed by atoms with van der Waals surface area (Å²) in [6.07, 6.45) is -0.799. The molecule has 0 aliphatic carbocycles. The van der Waals surface area contributed by atoms with Crippen LogP contribution >= 0.6 is 0 Å². The zero-order valence-corrected chi connectivity index (χ0v) is 14.7. The number of aliphatic hydroxyl groups is 1. The predicted octanol–water partition coefficient (Wildman–Crippen LogP) is 2.52. The SMILES string of the molecule is COc1ccc(C(O)CNC(=O)NC(C)c2ccc3c(c2)OCO3)cc1. The van der Waals surface area contributed by atoms with E-state index in [0.29, 0.717) is 22.8 Å². The van der Waals surface area contributed by atoms with Crippen LogP contribution in [-0.4, -0.2) is 31.6 Å². The molecule has 2 atom stereocenters. The Bertz CT molecular complexity index is 763. The molecule has 0 bridgehead atoms. The highest BCUT2D eigenvalue weighted by molar-refractivity contribution is 5.74. The highest BCUT2D eigenvalue weighted by Gasteiger charge is 2.17. The number of nitrogens with one attached hydrogen (secondary N) is 2. The van der Waals surface area contributed by atoms with E-state index in [1.807, 2.05) is 25.1 Å². The molecule has 3 rings (SSSR count). The number of amides is 2. The lowest BCUT2D eigenvalue weighted by atomic mass is 10.1. The molecule has 0 radical (unpaired) electrons. The molecule has 0 saturated heterocycles. The molecule has 1 aliphatic heterocycles. The molecule has 0 fully saturated rings. The van der Waals surface area contributed by atoms with E-state index in [4.69, 9.17) is 14.2 Å². The molecular formula is C19H22N2O5. The van der Waals surface area contributed by atoms with E-state index in [0.717, 1.165) is 5.56 Å². The van der Waals surface area contributed by atoms with Crippen LogP contribution in [0.15, 0.2) is 42.5 Å². The van der Waals surface area contributed by atoms with Crippen LogP contribution in [0.1, 0.15) is 30.2 Å². The number of carbonyl (C=O) groups is 1. The van der Waals surface area contributed by atoms with Crippen LogP contribution in [0.25, 0.3) is 0 Å². The molecule has 0 saturated carbocycles. The number of hydrogen-bond acceptors (Lipinski definition) is 5. The first-order chi connectivity index (χ1) is 12.6. The van der Waals surface area contributed by atoms with E-state index in [1.165, 1.54) is 0 Å². The van der Waals surface area contributed by atoms with E-state index in [1.54, 1.807) is 31.4 Å². The van der Waals surface area contributed by atoms with Gasteiger partial charge < -0.3 is 30.0 Å². The molecule has 3 N–H and O–H groups in total. The Labute approximate surface area is 151 Å². The van der Waals surface area contributed by atoms with Crippen LogP contribution in [0.2, 0.25) is 0 Å². The Morgan fingerprint density at radius 3 is 2.58 bits per heavy atom. The minimum atomic E-state index is -0.799. The maximum atomic E-state index is 12.1. The molecule has 7 heteroatoms. The lowest BCUT2D eigenvalue weighted by molar-refractivity contribution is 0.172. The van der Waals surface area contributed by atoms with Gasteiger partial charge in [-0.25, -0.2) is 4.79 Å². The van der Waals surface area contributed by atoms with Gasteiger partial charge in [-0.15, -0.1) is 0 Å². The molecule has 1 aliphatic rings. The predicted molar refractivity (Wildman–Crippen MR) is 95.5 cm³/mol. The van der Waals surface area contributed by atoms with Gasteiger partial charge >= 0.3 is 6.03 Å². The number of ether oxygens (including phenoxy) is 3. The first-order valence-corrected chi connectivity index (χ1v) is 8.32. The second-order valence-electron chi connectivity index (χ2n) is 5.98. The van der Waals surface area contributed by atoms with Crippen LogP contribution in [0.3, 0.4) is 0 Å². The van der Waals surface area contributed by atoms with E-state index in [2.05, 4.69) is 10.6 Å². The van der Waals surface area contributed by atoms with Crippen molar-refractivity contribution in [2.75, 3.05) is 20.4 Å². The average Bonchev–Trinajstić information content (AvgIpc) is 3.14. The summed E-state index contributed by atoms with van der Waals surface area (Å²) < 4.78 is 15.7. The topological polar surface area (TPSA) is 89.1 Å². The Morgan fingerprint density at radius 2 is 1.85 bits per heavy atom. The Morgan fingerprint density at radius 1 is 1.15 bits per heavy atom. The van der Waals surface area contributed by atoms with Crippen LogP contribution in [0.5, 0.6) is 17.2 Å². The lowest BCUT2D eigenvalue weighted by Gasteiger charge is -2.17. The van der Waals surface area contributed by atoms with Crippen molar-refractivity contribution >= 4 is 6.03 Å². The van der Waals surface area contributed by atoms with Gasteiger partial charge in [0.1, 0.15) is 5.75 Å². The summed E-state index contributed by atoms with van der Waals surface area (Å²) in [5.74, 6) is 2.09. The second-order valence-corrected chi connectivity index (χ2v) is 5.98. The normalized spacial score (nSPS) is 14.4. The van der Waals surface area contributed by atoms with E-state index < -0.39 is 6.10 Å². The number of hydrogen-bond donors (Lipinski definition) is 3. The van der Waals surface area contributed by atoms with E-state index in [9.17, 15) is 9.90 Å². The maximum absolute atomic E-state index is 12.1. The molecule has 138 valence electrons. The maximum Gasteiger partial charge on any atom is 0.315 e. The van der Waals surface area contributed by atoms with Gasteiger partial charge in [-0.2, -0.15) is 0 Å². The fraction of sp³-hybridized carbons (Fsp3) is 0.316. The summed E-state index contributed by atoms with van der Waals surface area (Å²) in [5, 5.41) is 15.7. The number of rotatable bonds is 6. The molecule has 2 aromatic rings. The number of urea groups is 1. The Kier molecular flexibility index (Phi) is 5.48. The zero-order valence-electron chi connectivity index (χ0n) is 14.7. The van der Waals surface area contributed by atoms with Crippen molar-refractivity contribution in [1.29, 1.82) is 0 Å². The smallest absolute Gasteiger partial charge is 0.315 e. The minimum absolute atomic E-state index is 0.103. The number of fused-ring (bicyclic) bond motifs is 1. The lowest BCUT2D eigenvalue weighted by Crippen LogP contribution is -2.39. The van der Waals surface area contributed by atoms with Gasteiger partial charge in [0.2, 0.25) is 6.79 Å². The van der Waals surface area contributed by atoms with Crippen molar-refractivity contribution in [3.05, 3.63) is 53.6 Å². The first kappa shape index (κ1) is 17.9. The van der Waals surface area contributed by atoms with E-state index in [-0.39, 0.29) is 25.4 Å². The third-order valence-electron chi connectivity index (χ3n) is 4.20. The van der Waals surface area contributed by atoms with Crippen LogP contribution in [0, 0.1) is 0 Å². The summed E-state index contributed by atoms with van der Waals surface area (Å²) in [4.78, 5) is 12.1. The molecule has 26 heavy (non-hydrogen) atoms. The zero-order chi connectivity index (χ0) is 18.5. The van der Waals surface area contributed by atoms with Crippen molar-refractivity contribution in [3.63, 3.8) is 0 Å². The summed E-state index contributed by atoms with van der Waals surface area (Å²) in [6, 6.07) is 12.0. The molecular weight excluding hydrogens is 336 g/mol.